The molecule has 1 N–H and O–H groups in total. The van der Waals surface area contributed by atoms with E-state index in [1.54, 1.807) is 7.11 Å². The van der Waals surface area contributed by atoms with Crippen molar-refractivity contribution in [2.24, 2.45) is 0 Å². The van der Waals surface area contributed by atoms with Gasteiger partial charge in [0.2, 0.25) is 0 Å². The van der Waals surface area contributed by atoms with E-state index < -0.39 is 0 Å². The second-order valence-electron chi connectivity index (χ2n) is 1.92. The SMILES string of the molecule is COCC(Br)CCCO. The van der Waals surface area contributed by atoms with Crippen molar-refractivity contribution in [2.45, 2.75) is 17.7 Å². The van der Waals surface area contributed by atoms with Crippen LogP contribution in [0.25, 0.3) is 0 Å². The fourth-order valence-corrected chi connectivity index (χ4v) is 1.17. The van der Waals surface area contributed by atoms with Crippen LogP contribution in [0.15, 0.2) is 0 Å². The molecule has 9 heavy (non-hydrogen) atoms. The summed E-state index contributed by atoms with van der Waals surface area (Å²) in [4.78, 5) is 0.398. The lowest BCUT2D eigenvalue weighted by Gasteiger charge is -2.05. The van der Waals surface area contributed by atoms with Crippen molar-refractivity contribution in [3.63, 3.8) is 0 Å². The van der Waals surface area contributed by atoms with Crippen LogP contribution >= 0.6 is 15.9 Å². The average Bonchev–Trinajstić information content (AvgIpc) is 1.85. The van der Waals surface area contributed by atoms with Gasteiger partial charge >= 0.3 is 0 Å². The lowest BCUT2D eigenvalue weighted by molar-refractivity contribution is 0.194. The minimum atomic E-state index is 0.270. The van der Waals surface area contributed by atoms with Gasteiger partial charge in [-0.3, -0.25) is 0 Å². The molecule has 0 saturated carbocycles. The van der Waals surface area contributed by atoms with Crippen molar-refractivity contribution in [3.8, 4) is 0 Å². The largest absolute Gasteiger partial charge is 0.396 e. The van der Waals surface area contributed by atoms with Crippen LogP contribution in [0.2, 0.25) is 0 Å². The number of ether oxygens (including phenoxy) is 1. The highest BCUT2D eigenvalue weighted by molar-refractivity contribution is 9.09. The summed E-state index contributed by atoms with van der Waals surface area (Å²) in [6, 6.07) is 0. The van der Waals surface area contributed by atoms with E-state index in [-0.39, 0.29) is 6.61 Å². The van der Waals surface area contributed by atoms with Gasteiger partial charge in [0.15, 0.2) is 0 Å². The second kappa shape index (κ2) is 6.52. The van der Waals surface area contributed by atoms with Crippen LogP contribution in [-0.4, -0.2) is 30.3 Å². The third-order valence-corrected chi connectivity index (χ3v) is 1.75. The van der Waals surface area contributed by atoms with E-state index in [9.17, 15) is 0 Å². The van der Waals surface area contributed by atoms with Crippen LogP contribution in [0, 0.1) is 0 Å². The highest BCUT2D eigenvalue weighted by atomic mass is 79.9. The van der Waals surface area contributed by atoms with Gasteiger partial charge in [-0.15, -0.1) is 0 Å². The Labute approximate surface area is 64.3 Å². The molecule has 0 aliphatic carbocycles. The molecule has 0 saturated heterocycles. The Morgan fingerprint density at radius 2 is 2.33 bits per heavy atom. The molecular formula is C6H13BrO2. The highest BCUT2D eigenvalue weighted by Crippen LogP contribution is 2.06. The van der Waals surface area contributed by atoms with Crippen LogP contribution in [0.5, 0.6) is 0 Å². The molecule has 0 aliphatic heterocycles. The summed E-state index contributed by atoms with van der Waals surface area (Å²) in [5.41, 5.74) is 0. The fourth-order valence-electron chi connectivity index (χ4n) is 0.577. The number of halogens is 1. The van der Waals surface area contributed by atoms with Crippen molar-refractivity contribution in [3.05, 3.63) is 0 Å². The number of hydrogen-bond donors (Lipinski definition) is 1. The fraction of sp³-hybridized carbons (Fsp3) is 1.00. The van der Waals surface area contributed by atoms with E-state index in [2.05, 4.69) is 15.9 Å². The Kier molecular flexibility index (Phi) is 6.81. The Hall–Kier alpha value is 0.400. The van der Waals surface area contributed by atoms with E-state index in [0.29, 0.717) is 4.83 Å². The van der Waals surface area contributed by atoms with Gasteiger partial charge in [0, 0.05) is 18.5 Å². The molecule has 3 heteroatoms. The molecule has 0 heterocycles. The van der Waals surface area contributed by atoms with E-state index in [1.807, 2.05) is 0 Å². The molecular weight excluding hydrogens is 184 g/mol. The third-order valence-electron chi connectivity index (χ3n) is 1.02. The first kappa shape index (κ1) is 9.40. The summed E-state index contributed by atoms with van der Waals surface area (Å²) in [7, 11) is 1.67. The number of aliphatic hydroxyl groups is 1. The Balaban J connectivity index is 2.95. The number of hydrogen-bond acceptors (Lipinski definition) is 2. The standard InChI is InChI=1S/C6H13BrO2/c1-9-5-6(7)3-2-4-8/h6,8H,2-5H2,1H3. The van der Waals surface area contributed by atoms with E-state index >= 15 is 0 Å². The maximum atomic E-state index is 8.42. The first-order valence-electron chi connectivity index (χ1n) is 3.05. The molecule has 2 nitrogen and oxygen atoms in total. The molecule has 0 radical (unpaired) electrons. The highest BCUT2D eigenvalue weighted by Gasteiger charge is 2.00. The molecule has 0 aromatic rings. The molecule has 0 amide bonds. The molecule has 0 aliphatic rings. The van der Waals surface area contributed by atoms with E-state index in [0.717, 1.165) is 19.4 Å². The Morgan fingerprint density at radius 3 is 2.78 bits per heavy atom. The maximum Gasteiger partial charge on any atom is 0.0587 e. The average molecular weight is 197 g/mol. The molecule has 1 atom stereocenters. The number of alkyl halides is 1. The van der Waals surface area contributed by atoms with Gasteiger partial charge in [0.25, 0.3) is 0 Å². The van der Waals surface area contributed by atoms with Crippen LogP contribution in [0.4, 0.5) is 0 Å². The number of aliphatic hydroxyl groups excluding tert-OH is 1. The molecule has 0 rings (SSSR count). The maximum absolute atomic E-state index is 8.42. The van der Waals surface area contributed by atoms with Gasteiger partial charge in [-0.25, -0.2) is 0 Å². The zero-order chi connectivity index (χ0) is 7.11. The van der Waals surface area contributed by atoms with Crippen LogP contribution in [0.3, 0.4) is 0 Å². The van der Waals surface area contributed by atoms with Crippen LogP contribution < -0.4 is 0 Å². The predicted molar refractivity (Wildman–Crippen MR) is 40.9 cm³/mol. The summed E-state index contributed by atoms with van der Waals surface area (Å²) in [5.74, 6) is 0. The smallest absolute Gasteiger partial charge is 0.0587 e. The third kappa shape index (κ3) is 6.28. The lowest BCUT2D eigenvalue weighted by Crippen LogP contribution is -2.06. The summed E-state index contributed by atoms with van der Waals surface area (Å²) >= 11 is 3.40. The Morgan fingerprint density at radius 1 is 1.67 bits per heavy atom. The van der Waals surface area contributed by atoms with Gasteiger partial charge in [-0.05, 0) is 12.8 Å². The number of rotatable bonds is 5. The van der Waals surface area contributed by atoms with Crippen LogP contribution in [0.1, 0.15) is 12.8 Å². The van der Waals surface area contributed by atoms with E-state index in [4.69, 9.17) is 9.84 Å². The zero-order valence-electron chi connectivity index (χ0n) is 5.64. The van der Waals surface area contributed by atoms with Gasteiger partial charge in [0.1, 0.15) is 0 Å². The summed E-state index contributed by atoms with van der Waals surface area (Å²) in [6.45, 7) is 0.992. The number of methoxy groups -OCH3 is 1. The molecule has 0 bridgehead atoms. The molecule has 1 unspecified atom stereocenters. The van der Waals surface area contributed by atoms with Crippen molar-refractivity contribution >= 4 is 15.9 Å². The van der Waals surface area contributed by atoms with Crippen molar-refractivity contribution in [1.82, 2.24) is 0 Å². The summed E-state index contributed by atoms with van der Waals surface area (Å²) in [6.07, 6.45) is 1.82. The molecule has 0 aromatic heterocycles. The molecule has 56 valence electrons. The monoisotopic (exact) mass is 196 g/mol. The molecule has 0 fully saturated rings. The molecule has 0 spiro atoms. The first-order valence-corrected chi connectivity index (χ1v) is 3.96. The second-order valence-corrected chi connectivity index (χ2v) is 3.21. The van der Waals surface area contributed by atoms with Crippen molar-refractivity contribution in [1.29, 1.82) is 0 Å². The first-order chi connectivity index (χ1) is 4.31. The Bertz CT molecular complexity index is 59.0. The van der Waals surface area contributed by atoms with E-state index in [1.165, 1.54) is 0 Å². The zero-order valence-corrected chi connectivity index (χ0v) is 7.23. The summed E-state index contributed by atoms with van der Waals surface area (Å²) in [5, 5.41) is 8.42. The van der Waals surface area contributed by atoms with Crippen LogP contribution in [-0.2, 0) is 4.74 Å². The molecule has 0 aromatic carbocycles. The lowest BCUT2D eigenvalue weighted by atomic mass is 10.2. The van der Waals surface area contributed by atoms with Gasteiger partial charge < -0.3 is 9.84 Å². The predicted octanol–water partition coefficient (Wildman–Crippen LogP) is 1.17. The van der Waals surface area contributed by atoms with Crippen molar-refractivity contribution < 1.29 is 9.84 Å². The topological polar surface area (TPSA) is 29.5 Å². The van der Waals surface area contributed by atoms with Gasteiger partial charge in [0.05, 0.1) is 6.61 Å². The van der Waals surface area contributed by atoms with Crippen molar-refractivity contribution in [2.75, 3.05) is 20.3 Å². The normalized spacial score (nSPS) is 13.7. The minimum Gasteiger partial charge on any atom is -0.396 e. The van der Waals surface area contributed by atoms with Gasteiger partial charge in [-0.1, -0.05) is 15.9 Å². The summed E-state index contributed by atoms with van der Waals surface area (Å²) < 4.78 is 4.87. The quantitative estimate of drug-likeness (QED) is 0.670. The van der Waals surface area contributed by atoms with Gasteiger partial charge in [-0.2, -0.15) is 0 Å². The minimum absolute atomic E-state index is 0.270.